The monoisotopic (exact) mass is 478 g/mol. The number of carbonyl (C=O) groups is 1. The minimum absolute atomic E-state index is 0.216. The predicted molar refractivity (Wildman–Crippen MR) is 131 cm³/mol. The quantitative estimate of drug-likeness (QED) is 0.509. The standard InChI is InChI=1S/C26H26N2O5S/c1-6-33-25(30)22-16(3)27-26-28(23(22)18-9-7-8-10-19(18)31-4)24(29)21(34-26)14-17-12-11-15(2)20(13-17)32-5/h7-14,23H,6H2,1-5H3/b21-14+/t23-/m1/s1. The van der Waals surface area contributed by atoms with Crippen molar-refractivity contribution in [2.75, 3.05) is 20.8 Å². The molecule has 0 bridgehead atoms. The van der Waals surface area contributed by atoms with Crippen molar-refractivity contribution >= 4 is 23.4 Å². The van der Waals surface area contributed by atoms with Crippen molar-refractivity contribution in [1.29, 1.82) is 0 Å². The number of benzene rings is 2. The van der Waals surface area contributed by atoms with Crippen molar-refractivity contribution < 1.29 is 19.0 Å². The Morgan fingerprint density at radius 1 is 1.12 bits per heavy atom. The van der Waals surface area contributed by atoms with Crippen LogP contribution in [0.4, 0.5) is 0 Å². The van der Waals surface area contributed by atoms with Gasteiger partial charge in [-0.25, -0.2) is 9.79 Å². The lowest BCUT2D eigenvalue weighted by atomic mass is 9.95. The van der Waals surface area contributed by atoms with Crippen molar-refractivity contribution in [3.63, 3.8) is 0 Å². The first-order valence-corrected chi connectivity index (χ1v) is 11.7. The number of allylic oxidation sites excluding steroid dienone is 1. The normalized spacial score (nSPS) is 15.6. The summed E-state index contributed by atoms with van der Waals surface area (Å²) < 4.78 is 18.4. The average molecular weight is 479 g/mol. The maximum Gasteiger partial charge on any atom is 0.338 e. The van der Waals surface area contributed by atoms with Gasteiger partial charge in [-0.1, -0.05) is 41.7 Å². The summed E-state index contributed by atoms with van der Waals surface area (Å²) in [6, 6.07) is 12.4. The Morgan fingerprint density at radius 2 is 1.85 bits per heavy atom. The maximum absolute atomic E-state index is 13.7. The van der Waals surface area contributed by atoms with E-state index in [0.717, 1.165) is 16.9 Å². The molecule has 0 unspecified atom stereocenters. The van der Waals surface area contributed by atoms with Gasteiger partial charge in [0.1, 0.15) is 17.5 Å². The second-order valence-corrected chi connectivity index (χ2v) is 8.78. The summed E-state index contributed by atoms with van der Waals surface area (Å²) in [5.74, 6) is 0.813. The van der Waals surface area contributed by atoms with Crippen molar-refractivity contribution in [2.24, 2.45) is 4.99 Å². The van der Waals surface area contributed by atoms with Gasteiger partial charge in [-0.15, -0.1) is 0 Å². The van der Waals surface area contributed by atoms with Crippen LogP contribution in [0.1, 0.15) is 36.6 Å². The van der Waals surface area contributed by atoms with Crippen molar-refractivity contribution in [3.05, 3.63) is 90.1 Å². The highest BCUT2D eigenvalue weighted by Crippen LogP contribution is 2.35. The molecule has 0 spiro atoms. The van der Waals surface area contributed by atoms with Gasteiger partial charge < -0.3 is 14.2 Å². The summed E-state index contributed by atoms with van der Waals surface area (Å²) in [7, 11) is 3.18. The zero-order valence-corrected chi connectivity index (χ0v) is 20.6. The molecule has 176 valence electrons. The molecule has 2 aromatic carbocycles. The number of carbonyl (C=O) groups excluding carboxylic acids is 1. The fourth-order valence-corrected chi connectivity index (χ4v) is 5.10. The number of hydrogen-bond acceptors (Lipinski definition) is 7. The highest BCUT2D eigenvalue weighted by atomic mass is 32.1. The largest absolute Gasteiger partial charge is 0.496 e. The van der Waals surface area contributed by atoms with E-state index in [2.05, 4.69) is 4.99 Å². The van der Waals surface area contributed by atoms with Crippen LogP contribution in [0, 0.1) is 6.92 Å². The van der Waals surface area contributed by atoms with Crippen LogP contribution in [-0.2, 0) is 9.53 Å². The molecule has 0 aliphatic carbocycles. The van der Waals surface area contributed by atoms with Crippen LogP contribution in [0.5, 0.6) is 11.5 Å². The van der Waals surface area contributed by atoms with E-state index in [-0.39, 0.29) is 12.2 Å². The van der Waals surface area contributed by atoms with Crippen LogP contribution in [0.3, 0.4) is 0 Å². The van der Waals surface area contributed by atoms with Gasteiger partial charge in [0.15, 0.2) is 4.80 Å². The lowest BCUT2D eigenvalue weighted by molar-refractivity contribution is -0.139. The van der Waals surface area contributed by atoms with Gasteiger partial charge in [0.2, 0.25) is 0 Å². The van der Waals surface area contributed by atoms with E-state index >= 15 is 0 Å². The minimum atomic E-state index is -0.721. The molecular weight excluding hydrogens is 452 g/mol. The van der Waals surface area contributed by atoms with E-state index in [0.29, 0.717) is 31.9 Å². The van der Waals surface area contributed by atoms with Gasteiger partial charge in [0.25, 0.3) is 5.56 Å². The zero-order chi connectivity index (χ0) is 24.4. The van der Waals surface area contributed by atoms with E-state index in [1.165, 1.54) is 11.3 Å². The topological polar surface area (TPSA) is 79.1 Å². The Kier molecular flexibility index (Phi) is 6.70. The number of rotatable bonds is 6. The van der Waals surface area contributed by atoms with Crippen LogP contribution >= 0.6 is 11.3 Å². The van der Waals surface area contributed by atoms with Crippen molar-refractivity contribution in [2.45, 2.75) is 26.8 Å². The van der Waals surface area contributed by atoms with Crippen LogP contribution in [0.2, 0.25) is 0 Å². The van der Waals surface area contributed by atoms with E-state index in [1.54, 1.807) is 32.6 Å². The number of ether oxygens (including phenoxy) is 3. The first kappa shape index (κ1) is 23.5. The molecule has 1 atom stereocenters. The number of aromatic nitrogens is 1. The Balaban J connectivity index is 1.97. The number of aryl methyl sites for hydroxylation is 1. The predicted octanol–water partition coefficient (Wildman–Crippen LogP) is 3.12. The number of nitrogens with zero attached hydrogens (tertiary/aromatic N) is 2. The second-order valence-electron chi connectivity index (χ2n) is 7.77. The Bertz CT molecular complexity index is 1470. The number of para-hydroxylation sites is 1. The molecule has 0 amide bonds. The zero-order valence-electron chi connectivity index (χ0n) is 19.7. The Labute approximate surface area is 201 Å². The van der Waals surface area contributed by atoms with Gasteiger partial charge in [0, 0.05) is 5.56 Å². The third kappa shape index (κ3) is 4.17. The smallest absolute Gasteiger partial charge is 0.338 e. The summed E-state index contributed by atoms with van der Waals surface area (Å²) in [6.45, 7) is 5.69. The molecule has 0 saturated heterocycles. The number of methoxy groups -OCH3 is 2. The van der Waals surface area contributed by atoms with E-state index in [9.17, 15) is 9.59 Å². The highest BCUT2D eigenvalue weighted by molar-refractivity contribution is 7.07. The summed E-state index contributed by atoms with van der Waals surface area (Å²) in [4.78, 5) is 31.8. The summed E-state index contributed by atoms with van der Waals surface area (Å²) in [5.41, 5.74) is 3.12. The van der Waals surface area contributed by atoms with E-state index in [1.807, 2.05) is 55.5 Å². The molecule has 2 heterocycles. The Hall–Kier alpha value is -3.65. The molecule has 1 aliphatic rings. The maximum atomic E-state index is 13.7. The first-order chi connectivity index (χ1) is 16.4. The van der Waals surface area contributed by atoms with Gasteiger partial charge in [-0.3, -0.25) is 9.36 Å². The molecule has 8 heteroatoms. The summed E-state index contributed by atoms with van der Waals surface area (Å²) in [5, 5.41) is 0. The lowest BCUT2D eigenvalue weighted by Crippen LogP contribution is -2.40. The van der Waals surface area contributed by atoms with Crippen LogP contribution < -0.4 is 24.4 Å². The minimum Gasteiger partial charge on any atom is -0.496 e. The molecule has 1 aliphatic heterocycles. The molecule has 0 N–H and O–H groups in total. The molecule has 0 saturated carbocycles. The van der Waals surface area contributed by atoms with Gasteiger partial charge >= 0.3 is 5.97 Å². The van der Waals surface area contributed by atoms with Gasteiger partial charge in [0.05, 0.1) is 36.6 Å². The molecule has 34 heavy (non-hydrogen) atoms. The van der Waals surface area contributed by atoms with Crippen LogP contribution in [0.15, 0.2) is 63.5 Å². The number of fused-ring (bicyclic) bond motifs is 1. The molecular formula is C26H26N2O5S. The first-order valence-electron chi connectivity index (χ1n) is 10.9. The highest BCUT2D eigenvalue weighted by Gasteiger charge is 2.34. The SMILES string of the molecule is CCOC(=O)C1=C(C)N=c2s/c(=C/c3ccc(C)c(OC)c3)c(=O)n2[C@@H]1c1ccccc1OC. The second kappa shape index (κ2) is 9.69. The molecule has 3 aromatic rings. The third-order valence-electron chi connectivity index (χ3n) is 5.68. The molecule has 7 nitrogen and oxygen atoms in total. The van der Waals surface area contributed by atoms with Crippen molar-refractivity contribution in [3.8, 4) is 11.5 Å². The number of hydrogen-bond donors (Lipinski definition) is 0. The Morgan fingerprint density at radius 3 is 2.56 bits per heavy atom. The van der Waals surface area contributed by atoms with Crippen molar-refractivity contribution in [1.82, 2.24) is 4.57 Å². The van der Waals surface area contributed by atoms with Crippen LogP contribution in [0.25, 0.3) is 6.08 Å². The van der Waals surface area contributed by atoms with Gasteiger partial charge in [-0.05, 0) is 50.1 Å². The third-order valence-corrected chi connectivity index (χ3v) is 6.66. The number of esters is 1. The molecule has 0 radical (unpaired) electrons. The summed E-state index contributed by atoms with van der Waals surface area (Å²) >= 11 is 1.28. The number of thiazole rings is 1. The summed E-state index contributed by atoms with van der Waals surface area (Å²) in [6.07, 6.45) is 1.81. The van der Waals surface area contributed by atoms with Crippen LogP contribution in [-0.4, -0.2) is 31.4 Å². The lowest BCUT2D eigenvalue weighted by Gasteiger charge is -2.25. The molecule has 0 fully saturated rings. The van der Waals surface area contributed by atoms with E-state index < -0.39 is 12.0 Å². The molecule has 1 aromatic heterocycles. The van der Waals surface area contributed by atoms with E-state index in [4.69, 9.17) is 14.2 Å². The fraction of sp³-hybridized carbons (Fsp3) is 0.269. The average Bonchev–Trinajstić information content (AvgIpc) is 3.13. The molecule has 4 rings (SSSR count). The fourth-order valence-electron chi connectivity index (χ4n) is 4.06. The van der Waals surface area contributed by atoms with Gasteiger partial charge in [-0.2, -0.15) is 0 Å².